The molecule has 54 valence electrons. The Morgan fingerprint density at radius 3 is 2.90 bits per heavy atom. The molecule has 0 atom stereocenters. The van der Waals surface area contributed by atoms with Gasteiger partial charge in [-0.25, -0.2) is 0 Å². The smallest absolute Gasteiger partial charge is 0.0119 e. The number of fused-ring (bicyclic) bond motifs is 1. The largest absolute Gasteiger partial charge is 0.402 e. The van der Waals surface area contributed by atoms with Gasteiger partial charge in [-0.2, -0.15) is 0 Å². The Hall–Kier alpha value is -0.720. The average Bonchev–Trinajstić information content (AvgIpc) is 2.36. The van der Waals surface area contributed by atoms with E-state index in [1.807, 2.05) is 0 Å². The minimum atomic E-state index is 1.10. The van der Waals surface area contributed by atoms with Gasteiger partial charge in [0.15, 0.2) is 0 Å². The van der Waals surface area contributed by atoms with Crippen LogP contribution in [0.1, 0.15) is 32.1 Å². The molecule has 1 heteroatoms. The van der Waals surface area contributed by atoms with E-state index in [0.717, 1.165) is 12.1 Å². The summed E-state index contributed by atoms with van der Waals surface area (Å²) < 4.78 is 0. The molecule has 0 aliphatic heterocycles. The van der Waals surface area contributed by atoms with Crippen molar-refractivity contribution >= 4 is 0 Å². The Morgan fingerprint density at radius 1 is 1.20 bits per heavy atom. The van der Waals surface area contributed by atoms with Gasteiger partial charge in [-0.1, -0.05) is 6.08 Å². The van der Waals surface area contributed by atoms with Gasteiger partial charge in [0.2, 0.25) is 0 Å². The average molecular weight is 135 g/mol. The van der Waals surface area contributed by atoms with Crippen LogP contribution in [-0.4, -0.2) is 0 Å². The van der Waals surface area contributed by atoms with Crippen molar-refractivity contribution in [3.05, 3.63) is 22.9 Å². The first-order valence-corrected chi connectivity index (χ1v) is 4.05. The molecule has 0 aromatic rings. The van der Waals surface area contributed by atoms with Crippen LogP contribution in [0.5, 0.6) is 0 Å². The highest BCUT2D eigenvalue weighted by Gasteiger charge is 2.18. The normalized spacial score (nSPS) is 24.6. The summed E-state index contributed by atoms with van der Waals surface area (Å²) in [5.41, 5.74) is 10.0. The highest BCUT2D eigenvalue weighted by atomic mass is 14.6. The molecule has 0 aromatic heterocycles. The Balaban J connectivity index is 2.38. The van der Waals surface area contributed by atoms with Gasteiger partial charge in [0.25, 0.3) is 0 Å². The molecule has 1 fully saturated rings. The molecule has 0 amide bonds. The molecule has 2 aliphatic rings. The summed E-state index contributed by atoms with van der Waals surface area (Å²) in [6, 6.07) is 0. The van der Waals surface area contributed by atoms with E-state index < -0.39 is 0 Å². The molecule has 1 nitrogen and oxygen atoms in total. The quantitative estimate of drug-likeness (QED) is 0.541. The molecule has 0 spiro atoms. The Morgan fingerprint density at radius 2 is 2.10 bits per heavy atom. The van der Waals surface area contributed by atoms with E-state index in [0.29, 0.717) is 0 Å². The second kappa shape index (κ2) is 2.15. The van der Waals surface area contributed by atoms with Crippen LogP contribution in [0.4, 0.5) is 0 Å². The first-order valence-electron chi connectivity index (χ1n) is 4.05. The van der Waals surface area contributed by atoms with Gasteiger partial charge in [0, 0.05) is 5.70 Å². The molecule has 1 saturated carbocycles. The van der Waals surface area contributed by atoms with E-state index in [9.17, 15) is 0 Å². The fraction of sp³-hybridized carbons (Fsp3) is 0.556. The van der Waals surface area contributed by atoms with Crippen LogP contribution >= 0.6 is 0 Å². The third kappa shape index (κ3) is 0.772. The van der Waals surface area contributed by atoms with E-state index in [1.165, 1.54) is 31.3 Å². The SMILES string of the molecule is NC1=C2CCCC2=CCC1. The standard InChI is InChI=1S/C9H13N/c10-9-6-2-4-7-3-1-5-8(7)9/h4H,1-3,5-6,10H2. The number of hydrogen-bond acceptors (Lipinski definition) is 1. The lowest BCUT2D eigenvalue weighted by Gasteiger charge is -2.11. The van der Waals surface area contributed by atoms with Gasteiger partial charge in [-0.05, 0) is 43.3 Å². The zero-order valence-corrected chi connectivity index (χ0v) is 6.19. The van der Waals surface area contributed by atoms with E-state index in [4.69, 9.17) is 5.73 Å². The molecule has 0 aromatic carbocycles. The summed E-state index contributed by atoms with van der Waals surface area (Å²) in [5, 5.41) is 0. The maximum atomic E-state index is 5.86. The molecule has 10 heavy (non-hydrogen) atoms. The summed E-state index contributed by atoms with van der Waals surface area (Å²) in [4.78, 5) is 0. The molecule has 2 N–H and O–H groups in total. The van der Waals surface area contributed by atoms with E-state index in [-0.39, 0.29) is 0 Å². The number of allylic oxidation sites excluding steroid dienone is 4. The zero-order valence-electron chi connectivity index (χ0n) is 6.19. The van der Waals surface area contributed by atoms with Crippen molar-refractivity contribution in [2.24, 2.45) is 5.73 Å². The van der Waals surface area contributed by atoms with Crippen molar-refractivity contribution in [1.82, 2.24) is 0 Å². The lowest BCUT2D eigenvalue weighted by atomic mass is 9.98. The minimum absolute atomic E-state index is 1.10. The third-order valence-corrected chi connectivity index (χ3v) is 2.45. The highest BCUT2D eigenvalue weighted by molar-refractivity contribution is 5.40. The van der Waals surface area contributed by atoms with Crippen molar-refractivity contribution in [3.8, 4) is 0 Å². The van der Waals surface area contributed by atoms with Crippen LogP contribution in [-0.2, 0) is 0 Å². The summed E-state index contributed by atoms with van der Waals surface area (Å²) in [6.45, 7) is 0. The first kappa shape index (κ1) is 6.02. The van der Waals surface area contributed by atoms with Gasteiger partial charge in [0.1, 0.15) is 0 Å². The first-order chi connectivity index (χ1) is 4.88. The van der Waals surface area contributed by atoms with Crippen LogP contribution in [0, 0.1) is 0 Å². The monoisotopic (exact) mass is 135 g/mol. The lowest BCUT2D eigenvalue weighted by molar-refractivity contribution is 0.896. The molecular weight excluding hydrogens is 122 g/mol. The highest BCUT2D eigenvalue weighted by Crippen LogP contribution is 2.35. The minimum Gasteiger partial charge on any atom is -0.402 e. The lowest BCUT2D eigenvalue weighted by Crippen LogP contribution is -2.04. The summed E-state index contributed by atoms with van der Waals surface area (Å²) in [5.74, 6) is 0. The van der Waals surface area contributed by atoms with E-state index in [1.54, 1.807) is 5.57 Å². The van der Waals surface area contributed by atoms with Crippen LogP contribution in [0.2, 0.25) is 0 Å². The molecule has 2 aliphatic carbocycles. The van der Waals surface area contributed by atoms with Crippen molar-refractivity contribution in [3.63, 3.8) is 0 Å². The van der Waals surface area contributed by atoms with E-state index in [2.05, 4.69) is 6.08 Å². The maximum Gasteiger partial charge on any atom is 0.0119 e. The molecule has 0 heterocycles. The van der Waals surface area contributed by atoms with Crippen molar-refractivity contribution in [2.75, 3.05) is 0 Å². The van der Waals surface area contributed by atoms with Crippen LogP contribution in [0.3, 0.4) is 0 Å². The zero-order chi connectivity index (χ0) is 6.97. The maximum absolute atomic E-state index is 5.86. The van der Waals surface area contributed by atoms with Gasteiger partial charge in [-0.15, -0.1) is 0 Å². The van der Waals surface area contributed by atoms with Crippen molar-refractivity contribution in [2.45, 2.75) is 32.1 Å². The Bertz CT molecular complexity index is 205. The van der Waals surface area contributed by atoms with Crippen molar-refractivity contribution in [1.29, 1.82) is 0 Å². The molecule has 0 saturated heterocycles. The molecule has 0 bridgehead atoms. The molecule has 0 radical (unpaired) electrons. The fourth-order valence-corrected chi connectivity index (χ4v) is 1.91. The fourth-order valence-electron chi connectivity index (χ4n) is 1.91. The van der Waals surface area contributed by atoms with E-state index >= 15 is 0 Å². The summed E-state index contributed by atoms with van der Waals surface area (Å²) in [6.07, 6.45) is 8.46. The predicted molar refractivity (Wildman–Crippen MR) is 42.4 cm³/mol. The van der Waals surface area contributed by atoms with Gasteiger partial charge < -0.3 is 5.73 Å². The summed E-state index contributed by atoms with van der Waals surface area (Å²) >= 11 is 0. The molecule has 0 unspecified atom stereocenters. The van der Waals surface area contributed by atoms with Crippen LogP contribution in [0.25, 0.3) is 0 Å². The number of rotatable bonds is 0. The number of hydrogen-bond donors (Lipinski definition) is 1. The van der Waals surface area contributed by atoms with Crippen molar-refractivity contribution < 1.29 is 0 Å². The Labute approximate surface area is 61.6 Å². The predicted octanol–water partition coefficient (Wildman–Crippen LogP) is 2.10. The second-order valence-electron chi connectivity index (χ2n) is 3.13. The topological polar surface area (TPSA) is 26.0 Å². The van der Waals surface area contributed by atoms with Gasteiger partial charge in [-0.3, -0.25) is 0 Å². The van der Waals surface area contributed by atoms with Crippen LogP contribution in [0.15, 0.2) is 22.9 Å². The second-order valence-corrected chi connectivity index (χ2v) is 3.13. The number of nitrogens with two attached hydrogens (primary N) is 1. The van der Waals surface area contributed by atoms with Gasteiger partial charge in [0.05, 0.1) is 0 Å². The Kier molecular flexibility index (Phi) is 1.30. The third-order valence-electron chi connectivity index (χ3n) is 2.45. The summed E-state index contributed by atoms with van der Waals surface area (Å²) in [7, 11) is 0. The van der Waals surface area contributed by atoms with Gasteiger partial charge >= 0.3 is 0 Å². The molecule has 2 rings (SSSR count). The molecular formula is C9H13N. The van der Waals surface area contributed by atoms with Crippen LogP contribution < -0.4 is 5.73 Å².